The molecule has 0 radical (unpaired) electrons. The summed E-state index contributed by atoms with van der Waals surface area (Å²) in [7, 11) is 0. The molecule has 9 nitrogen and oxygen atoms in total. The van der Waals surface area contributed by atoms with Crippen molar-refractivity contribution in [3.8, 4) is 0 Å². The molecule has 0 aromatic rings. The van der Waals surface area contributed by atoms with Crippen LogP contribution in [-0.4, -0.2) is 87.5 Å². The molecule has 0 bridgehead atoms. The van der Waals surface area contributed by atoms with Crippen molar-refractivity contribution >= 4 is 5.91 Å². The maximum absolute atomic E-state index is 13.1. The lowest BCUT2D eigenvalue weighted by molar-refractivity contribution is -0.302. The molecule has 1 aliphatic rings. The summed E-state index contributed by atoms with van der Waals surface area (Å²) < 4.78 is 11.3. The van der Waals surface area contributed by atoms with Crippen LogP contribution in [0.1, 0.15) is 309 Å². The first-order valence-corrected chi connectivity index (χ1v) is 34.3. The predicted molar refractivity (Wildman–Crippen MR) is 345 cm³/mol. The first-order chi connectivity index (χ1) is 39.8. The molecule has 7 unspecified atom stereocenters. The first-order valence-electron chi connectivity index (χ1n) is 34.3. The molecule has 470 valence electrons. The van der Waals surface area contributed by atoms with Crippen LogP contribution in [0.15, 0.2) is 85.1 Å². The van der Waals surface area contributed by atoms with Gasteiger partial charge in [-0.15, -0.1) is 0 Å². The number of aliphatic hydroxyl groups excluding tert-OH is 5. The number of unbranched alkanes of at least 4 members (excludes halogenated alkanes) is 37. The van der Waals surface area contributed by atoms with Crippen molar-refractivity contribution in [3.05, 3.63) is 85.1 Å². The van der Waals surface area contributed by atoms with Gasteiger partial charge in [0.15, 0.2) is 6.29 Å². The molecule has 81 heavy (non-hydrogen) atoms. The van der Waals surface area contributed by atoms with E-state index in [9.17, 15) is 30.3 Å². The number of carbonyl (C=O) groups excluding carboxylic acids is 1. The van der Waals surface area contributed by atoms with Gasteiger partial charge in [0, 0.05) is 6.42 Å². The van der Waals surface area contributed by atoms with Gasteiger partial charge in [0.2, 0.25) is 5.91 Å². The minimum absolute atomic E-state index is 0.187. The number of hydrogen-bond acceptors (Lipinski definition) is 8. The van der Waals surface area contributed by atoms with Crippen molar-refractivity contribution in [1.82, 2.24) is 5.32 Å². The highest BCUT2D eigenvalue weighted by Crippen LogP contribution is 2.23. The highest BCUT2D eigenvalue weighted by atomic mass is 16.7. The lowest BCUT2D eigenvalue weighted by Gasteiger charge is -2.40. The van der Waals surface area contributed by atoms with Gasteiger partial charge in [0.25, 0.3) is 0 Å². The zero-order valence-corrected chi connectivity index (χ0v) is 52.5. The van der Waals surface area contributed by atoms with E-state index >= 15 is 0 Å². The first kappa shape index (κ1) is 76.4. The highest BCUT2D eigenvalue weighted by molar-refractivity contribution is 5.76. The summed E-state index contributed by atoms with van der Waals surface area (Å²) in [6.07, 6.45) is 79.7. The molecule has 7 atom stereocenters. The van der Waals surface area contributed by atoms with E-state index in [2.05, 4.69) is 92.1 Å². The van der Waals surface area contributed by atoms with Crippen molar-refractivity contribution in [2.45, 2.75) is 352 Å². The van der Waals surface area contributed by atoms with Crippen LogP contribution in [0, 0.1) is 0 Å². The Labute approximate surface area is 499 Å². The van der Waals surface area contributed by atoms with Crippen molar-refractivity contribution in [2.75, 3.05) is 13.2 Å². The predicted octanol–water partition coefficient (Wildman–Crippen LogP) is 18.5. The van der Waals surface area contributed by atoms with Crippen LogP contribution < -0.4 is 5.32 Å². The summed E-state index contributed by atoms with van der Waals surface area (Å²) in [5.74, 6) is -0.187. The summed E-state index contributed by atoms with van der Waals surface area (Å²) in [5, 5.41) is 54.7. The molecule has 1 fully saturated rings. The van der Waals surface area contributed by atoms with E-state index < -0.39 is 49.5 Å². The zero-order valence-electron chi connectivity index (χ0n) is 52.5. The number of allylic oxidation sites excluding steroid dienone is 13. The van der Waals surface area contributed by atoms with E-state index in [1.165, 1.54) is 218 Å². The number of amides is 1. The Morgan fingerprint density at radius 3 is 1.19 bits per heavy atom. The minimum atomic E-state index is -1.58. The summed E-state index contributed by atoms with van der Waals surface area (Å²) in [5.41, 5.74) is 0. The number of nitrogens with one attached hydrogen (secondary N) is 1. The quantitative estimate of drug-likeness (QED) is 0.0261. The van der Waals surface area contributed by atoms with Gasteiger partial charge in [-0.25, -0.2) is 0 Å². The van der Waals surface area contributed by atoms with Gasteiger partial charge in [-0.1, -0.05) is 311 Å². The molecule has 0 aromatic heterocycles. The Balaban J connectivity index is 2.17. The van der Waals surface area contributed by atoms with E-state index in [-0.39, 0.29) is 12.5 Å². The highest BCUT2D eigenvalue weighted by Gasteiger charge is 2.44. The van der Waals surface area contributed by atoms with Gasteiger partial charge >= 0.3 is 0 Å². The molecular formula is C72H129NO8. The van der Waals surface area contributed by atoms with Crippen molar-refractivity contribution in [2.24, 2.45) is 0 Å². The van der Waals surface area contributed by atoms with Crippen molar-refractivity contribution < 1.29 is 39.8 Å². The maximum atomic E-state index is 13.1. The number of rotatable bonds is 59. The maximum Gasteiger partial charge on any atom is 0.220 e. The Kier molecular flexibility index (Phi) is 57.0. The van der Waals surface area contributed by atoms with Crippen LogP contribution >= 0.6 is 0 Å². The molecule has 1 aliphatic heterocycles. The van der Waals surface area contributed by atoms with Gasteiger partial charge < -0.3 is 40.3 Å². The Hall–Kier alpha value is -2.63. The molecule has 0 aliphatic carbocycles. The zero-order chi connectivity index (χ0) is 58.6. The molecule has 0 saturated carbocycles. The average Bonchev–Trinajstić information content (AvgIpc) is 3.51. The lowest BCUT2D eigenvalue weighted by Crippen LogP contribution is -2.60. The summed E-state index contributed by atoms with van der Waals surface area (Å²) in [6.45, 7) is 3.68. The summed E-state index contributed by atoms with van der Waals surface area (Å²) in [4.78, 5) is 13.1. The van der Waals surface area contributed by atoms with E-state index in [0.29, 0.717) is 6.42 Å². The molecular weight excluding hydrogens is 1010 g/mol. The van der Waals surface area contributed by atoms with Crippen LogP contribution in [0.3, 0.4) is 0 Å². The average molecular weight is 1140 g/mol. The third-order valence-corrected chi connectivity index (χ3v) is 16.0. The van der Waals surface area contributed by atoms with Crippen molar-refractivity contribution in [3.63, 3.8) is 0 Å². The molecule has 1 rings (SSSR count). The van der Waals surface area contributed by atoms with Crippen LogP contribution in [0.2, 0.25) is 0 Å². The normalized spacial score (nSPS) is 18.9. The van der Waals surface area contributed by atoms with Crippen LogP contribution in [0.4, 0.5) is 0 Å². The fourth-order valence-corrected chi connectivity index (χ4v) is 10.6. The number of ether oxygens (including phenoxy) is 2. The van der Waals surface area contributed by atoms with E-state index in [4.69, 9.17) is 9.47 Å². The van der Waals surface area contributed by atoms with E-state index in [0.717, 1.165) is 70.6 Å². The lowest BCUT2D eigenvalue weighted by atomic mass is 9.99. The summed E-state index contributed by atoms with van der Waals surface area (Å²) >= 11 is 0. The summed E-state index contributed by atoms with van der Waals surface area (Å²) in [6, 6.07) is -0.829. The van der Waals surface area contributed by atoms with Gasteiger partial charge in [-0.05, 0) is 77.0 Å². The topological polar surface area (TPSA) is 149 Å². The standard InChI is InChI=1S/C72H129NO8/c1-3-5-7-9-11-13-15-17-19-21-23-25-27-29-31-33-35-37-39-41-43-45-47-49-51-53-55-57-59-61-66(75)65(64-80-72-71(79)70(78)69(77)67(63-74)81-72)73-68(76)62-60-58-56-54-52-50-48-46-44-42-40-38-36-34-32-30-28-26-24-22-20-18-16-14-12-10-8-6-4-2/h6,8,12,14,18,20,24,26,30,32,51,53,59,61,65-67,69-72,74-75,77-79H,3-5,7,9-11,13,15-17,19,21-23,25,27-29,31,33-50,52,54-58,60,62-64H2,1-2H3,(H,73,76)/b8-6-,14-12-,20-18-,26-24-,32-30-,53-51+,61-59+. The molecule has 6 N–H and O–H groups in total. The third-order valence-electron chi connectivity index (χ3n) is 16.0. The van der Waals surface area contributed by atoms with E-state index in [1.807, 2.05) is 6.08 Å². The Morgan fingerprint density at radius 1 is 0.432 bits per heavy atom. The second kappa shape index (κ2) is 60.5. The molecule has 0 aromatic carbocycles. The number of aliphatic hydroxyl groups is 5. The van der Waals surface area contributed by atoms with Crippen molar-refractivity contribution in [1.29, 1.82) is 0 Å². The Morgan fingerprint density at radius 2 is 0.778 bits per heavy atom. The number of hydrogen-bond donors (Lipinski definition) is 6. The molecule has 0 spiro atoms. The fraction of sp³-hybridized carbons (Fsp3) is 0.792. The third kappa shape index (κ3) is 49.4. The van der Waals surface area contributed by atoms with Crippen LogP contribution in [0.25, 0.3) is 0 Å². The van der Waals surface area contributed by atoms with Gasteiger partial charge in [0.05, 0.1) is 25.4 Å². The second-order valence-corrected chi connectivity index (χ2v) is 23.6. The number of carbonyl (C=O) groups is 1. The molecule has 1 amide bonds. The fourth-order valence-electron chi connectivity index (χ4n) is 10.6. The largest absolute Gasteiger partial charge is 0.394 e. The Bertz CT molecular complexity index is 1550. The molecule has 1 saturated heterocycles. The van der Waals surface area contributed by atoms with Gasteiger partial charge in [-0.3, -0.25) is 4.79 Å². The van der Waals surface area contributed by atoms with Crippen LogP contribution in [-0.2, 0) is 14.3 Å². The smallest absolute Gasteiger partial charge is 0.220 e. The van der Waals surface area contributed by atoms with Gasteiger partial charge in [-0.2, -0.15) is 0 Å². The van der Waals surface area contributed by atoms with Crippen LogP contribution in [0.5, 0.6) is 0 Å². The molecule has 9 heteroatoms. The molecule has 1 heterocycles. The second-order valence-electron chi connectivity index (χ2n) is 23.6. The minimum Gasteiger partial charge on any atom is -0.394 e. The monoisotopic (exact) mass is 1140 g/mol. The van der Waals surface area contributed by atoms with Gasteiger partial charge in [0.1, 0.15) is 24.4 Å². The van der Waals surface area contributed by atoms with E-state index in [1.54, 1.807) is 6.08 Å². The SMILES string of the molecule is CC/C=C\C/C=C\C/C=C\C/C=C\C/C=C\CCCCCCCCCCCCCCCC(=O)NC(COC1OC(CO)C(O)C(O)C1O)C(O)/C=C/CC/C=C/CCCCCCCCCCCCCCCCCCCCCCCCC.